The summed E-state index contributed by atoms with van der Waals surface area (Å²) in [6, 6.07) is 0. The van der Waals surface area contributed by atoms with Crippen LogP contribution < -0.4 is 0 Å². The van der Waals surface area contributed by atoms with Crippen molar-refractivity contribution in [2.75, 3.05) is 0 Å². The molecule has 0 aromatic rings. The minimum Gasteiger partial charge on any atom is -0.269 e. The Kier molecular flexibility index (Phi) is 30600. The first kappa shape index (κ1) is 575. The summed E-state index contributed by atoms with van der Waals surface area (Å²) < 4.78 is 0. The van der Waals surface area contributed by atoms with Crippen LogP contribution in [0.2, 0.25) is 0 Å². The van der Waals surface area contributed by atoms with Crippen LogP contribution in [0.4, 0.5) is 14.1 Å². The molecule has 0 amide bonds. The van der Waals surface area contributed by atoms with Crippen molar-refractivity contribution >= 4 is 0 Å². The summed E-state index contributed by atoms with van der Waals surface area (Å²) in [4.78, 5) is 0. The van der Waals surface area contributed by atoms with E-state index in [4.69, 9.17) is 0 Å². The van der Waals surface area contributed by atoms with Gasteiger partial charge in [0.1, 0.15) is 0 Å². The molecule has 0 saturated heterocycles. The average Bonchev–Trinajstić information content (AvgIpc) is 0. The van der Waals surface area contributed by atoms with E-state index >= 15 is 0 Å². The zero-order chi connectivity index (χ0) is 0. The first-order chi connectivity index (χ1) is 0. The second kappa shape index (κ2) is 213. The molecule has 0 aliphatic carbocycles. The van der Waals surface area contributed by atoms with Gasteiger partial charge in [0.25, 0.3) is 0 Å². The van der Waals surface area contributed by atoms with Crippen molar-refractivity contribution in [3.63, 3.8) is 0 Å². The SMILES string of the molecule is F.F.F.[Ni]. The Labute approximate surface area is 31.6 Å². The second-order valence-electron chi connectivity index (χ2n) is 0. The van der Waals surface area contributed by atoms with Gasteiger partial charge in [-0.15, -0.1) is 0 Å². The summed E-state index contributed by atoms with van der Waals surface area (Å²) in [6.07, 6.45) is 0. The van der Waals surface area contributed by atoms with Gasteiger partial charge in [0.15, 0.2) is 0 Å². The van der Waals surface area contributed by atoms with E-state index in [1.54, 1.807) is 0 Å². The molecule has 0 aromatic carbocycles. The molecule has 0 heterocycles. The van der Waals surface area contributed by atoms with Crippen LogP contribution in [-0.2, 0) is 16.5 Å². The van der Waals surface area contributed by atoms with E-state index in [0.717, 1.165) is 0 Å². The third-order valence-electron chi connectivity index (χ3n) is 0. The van der Waals surface area contributed by atoms with E-state index < -0.39 is 0 Å². The predicted octanol–water partition coefficient (Wildman–Crippen LogP) is 0.455. The van der Waals surface area contributed by atoms with E-state index in [1.165, 1.54) is 0 Å². The van der Waals surface area contributed by atoms with Crippen LogP contribution in [0, 0.1) is 0 Å². The Hall–Kier alpha value is 0.284. The van der Waals surface area contributed by atoms with Gasteiger partial charge in [-0.1, -0.05) is 0 Å². The predicted molar refractivity (Wildman–Crippen MR) is 7.51 cm³/mol. The van der Waals surface area contributed by atoms with E-state index in [1.807, 2.05) is 0 Å². The molecule has 0 aliphatic rings. The van der Waals surface area contributed by atoms with Crippen LogP contribution in [0.1, 0.15) is 0 Å². The average molecular weight is 119 g/mol. The van der Waals surface area contributed by atoms with Gasteiger partial charge in [0.2, 0.25) is 0 Å². The molecule has 0 rings (SSSR count). The molecule has 4 heavy (non-hydrogen) atoms. The van der Waals surface area contributed by atoms with Crippen molar-refractivity contribution < 1.29 is 30.6 Å². The van der Waals surface area contributed by atoms with Crippen LogP contribution in [0.3, 0.4) is 0 Å². The first-order valence-corrected chi connectivity index (χ1v) is 0. The molecule has 34 valence electrons. The topological polar surface area (TPSA) is 0 Å². The molecule has 0 bridgehead atoms. The fourth-order valence-corrected chi connectivity index (χ4v) is 0. The summed E-state index contributed by atoms with van der Waals surface area (Å²) in [6.45, 7) is 0. The molecule has 0 aromatic heterocycles. The van der Waals surface area contributed by atoms with Crippen molar-refractivity contribution in [2.45, 2.75) is 0 Å². The zero-order valence-electron chi connectivity index (χ0n) is 1.54. The second-order valence-corrected chi connectivity index (χ2v) is 0. The van der Waals surface area contributed by atoms with E-state index in [-0.39, 0.29) is 30.6 Å². The fraction of sp³-hybridized carbons (Fsp3) is 0. The third kappa shape index (κ3) is 46.8. The first-order valence-electron chi connectivity index (χ1n) is 0. The van der Waals surface area contributed by atoms with Crippen molar-refractivity contribution in [1.29, 1.82) is 0 Å². The quantitative estimate of drug-likeness (QED) is 0.406. The number of hydrogen-bond acceptors (Lipinski definition) is 0. The smallest absolute Gasteiger partial charge is 0 e. The molecule has 0 saturated carbocycles. The van der Waals surface area contributed by atoms with E-state index in [0.29, 0.717) is 0 Å². The summed E-state index contributed by atoms with van der Waals surface area (Å²) in [5.41, 5.74) is 0. The van der Waals surface area contributed by atoms with Crippen molar-refractivity contribution in [1.82, 2.24) is 0 Å². The Bertz CT molecular complexity index is 3.25. The fourth-order valence-electron chi connectivity index (χ4n) is 0. The molecule has 0 N–H and O–H groups in total. The number of halogens is 3. The van der Waals surface area contributed by atoms with Gasteiger partial charge in [-0.2, -0.15) is 0 Å². The molecular weight excluding hydrogens is 116 g/mol. The van der Waals surface area contributed by atoms with Crippen LogP contribution in [0.15, 0.2) is 0 Å². The third-order valence-corrected chi connectivity index (χ3v) is 0. The standard InChI is InChI=1S/3FH.Ni/h3*1H;. The normalized spacial score (nSPS) is 0. The van der Waals surface area contributed by atoms with Gasteiger partial charge < -0.3 is 0 Å². The minimum absolute atomic E-state index is 0. The van der Waals surface area contributed by atoms with Gasteiger partial charge in [-0.05, 0) is 0 Å². The van der Waals surface area contributed by atoms with Gasteiger partial charge in [-0.25, -0.2) is 0 Å². The van der Waals surface area contributed by atoms with Gasteiger partial charge in [0.05, 0.1) is 0 Å². The molecule has 0 atom stereocenters. The van der Waals surface area contributed by atoms with Crippen LogP contribution in [0.25, 0.3) is 0 Å². The molecule has 4 heteroatoms. The summed E-state index contributed by atoms with van der Waals surface area (Å²) in [5, 5.41) is 0. The molecule has 0 radical (unpaired) electrons. The maximum atomic E-state index is 0. The van der Waals surface area contributed by atoms with Crippen molar-refractivity contribution in [3.05, 3.63) is 0 Å². The van der Waals surface area contributed by atoms with E-state index in [2.05, 4.69) is 0 Å². The van der Waals surface area contributed by atoms with Crippen LogP contribution in [0.5, 0.6) is 0 Å². The maximum absolute atomic E-state index is 0. The summed E-state index contributed by atoms with van der Waals surface area (Å²) in [5.74, 6) is 0. The van der Waals surface area contributed by atoms with Crippen molar-refractivity contribution in [2.24, 2.45) is 0 Å². The van der Waals surface area contributed by atoms with E-state index in [9.17, 15) is 0 Å². The monoisotopic (exact) mass is 118 g/mol. The molecular formula is H3F3Ni. The Morgan fingerprint density at radius 2 is 0.500 bits per heavy atom. The summed E-state index contributed by atoms with van der Waals surface area (Å²) >= 11 is 0. The Balaban J connectivity index is 0. The molecule has 0 unspecified atom stereocenters. The summed E-state index contributed by atoms with van der Waals surface area (Å²) in [7, 11) is 0. The molecule has 0 aliphatic heterocycles. The van der Waals surface area contributed by atoms with Crippen LogP contribution in [-0.4, -0.2) is 0 Å². The molecule has 0 fully saturated rings. The van der Waals surface area contributed by atoms with Gasteiger partial charge >= 0.3 is 0 Å². The van der Waals surface area contributed by atoms with Gasteiger partial charge in [-0.3, -0.25) is 14.1 Å². The van der Waals surface area contributed by atoms with Crippen molar-refractivity contribution in [3.8, 4) is 0 Å². The largest absolute Gasteiger partial charge is 0.269 e. The number of rotatable bonds is 0. The molecule has 0 spiro atoms. The van der Waals surface area contributed by atoms with Gasteiger partial charge in [0, 0.05) is 16.5 Å². The Morgan fingerprint density at radius 1 is 0.500 bits per heavy atom. The zero-order valence-corrected chi connectivity index (χ0v) is 2.53. The van der Waals surface area contributed by atoms with Crippen LogP contribution >= 0.6 is 0 Å². The molecule has 0 nitrogen and oxygen atoms in total. The minimum atomic E-state index is 0. The maximum Gasteiger partial charge on any atom is 0 e. The number of hydrogen-bond donors (Lipinski definition) is 0. The Morgan fingerprint density at radius 3 is 0.500 bits per heavy atom.